The van der Waals surface area contributed by atoms with Crippen LogP contribution in [0.25, 0.3) is 0 Å². The van der Waals surface area contributed by atoms with E-state index in [1.807, 2.05) is 0 Å². The zero-order valence-electron chi connectivity index (χ0n) is 7.64. The lowest BCUT2D eigenvalue weighted by molar-refractivity contribution is -0.137. The Morgan fingerprint density at radius 1 is 1.36 bits per heavy atom. The van der Waals surface area contributed by atoms with Gasteiger partial charge >= 0.3 is 16.1 Å². The molecule has 0 bridgehead atoms. The normalized spacial score (nSPS) is 10.3. The topological polar surface area (TPSA) is 69.7 Å². The maximum absolute atomic E-state index is 10.9. The molecule has 0 spiro atoms. The molecule has 0 amide bonds. The number of esters is 1. The van der Waals surface area contributed by atoms with E-state index in [4.69, 9.17) is 0 Å². The summed E-state index contributed by atoms with van der Waals surface area (Å²) in [7, 11) is -3.57. The molecule has 0 saturated carbocycles. The van der Waals surface area contributed by atoms with E-state index < -0.39 is 16.1 Å². The van der Waals surface area contributed by atoms with Gasteiger partial charge in [0.15, 0.2) is 0 Å². The third-order valence-electron chi connectivity index (χ3n) is 1.16. The molecule has 0 aliphatic rings. The average molecular weight is 220 g/mol. The first-order valence-corrected chi connectivity index (χ1v) is 5.40. The Morgan fingerprint density at radius 2 is 2.00 bits per heavy atom. The maximum atomic E-state index is 10.9. The number of rotatable bonds is 7. The zero-order chi connectivity index (χ0) is 11.0. The Hall–Kier alpha value is -1.30. The third-order valence-corrected chi connectivity index (χ3v) is 2.38. The van der Waals surface area contributed by atoms with Crippen molar-refractivity contribution < 1.29 is 22.1 Å². The van der Waals surface area contributed by atoms with Crippen LogP contribution in [0.3, 0.4) is 0 Å². The van der Waals surface area contributed by atoms with Gasteiger partial charge in [0.25, 0.3) is 0 Å². The molecule has 0 aromatic carbocycles. The van der Waals surface area contributed by atoms with Crippen molar-refractivity contribution in [1.82, 2.24) is 0 Å². The van der Waals surface area contributed by atoms with Crippen molar-refractivity contribution in [3.05, 3.63) is 25.5 Å². The van der Waals surface area contributed by atoms with Crippen LogP contribution in [0.5, 0.6) is 0 Å². The van der Waals surface area contributed by atoms with Gasteiger partial charge in [-0.2, -0.15) is 8.42 Å². The molecule has 0 heterocycles. The van der Waals surface area contributed by atoms with E-state index in [0.29, 0.717) is 0 Å². The lowest BCUT2D eigenvalue weighted by Crippen LogP contribution is -2.11. The second-order valence-corrected chi connectivity index (χ2v) is 3.97. The standard InChI is InChI=1S/C8H12O5S/c1-3-8(9)12-6-5-7-14(10,11)13-4-2/h3-4H,1-2,5-7H2. The van der Waals surface area contributed by atoms with Gasteiger partial charge in [0.05, 0.1) is 18.6 Å². The summed E-state index contributed by atoms with van der Waals surface area (Å²) in [6.45, 7) is 6.32. The summed E-state index contributed by atoms with van der Waals surface area (Å²) in [6.07, 6.45) is 2.02. The first-order chi connectivity index (χ1) is 6.52. The molecule has 0 rings (SSSR count). The molecule has 5 nitrogen and oxygen atoms in total. The largest absolute Gasteiger partial charge is 0.463 e. The molecule has 0 N–H and O–H groups in total. The maximum Gasteiger partial charge on any atom is 0.330 e. The lowest BCUT2D eigenvalue weighted by atomic mass is 10.5. The van der Waals surface area contributed by atoms with Crippen LogP contribution in [0.2, 0.25) is 0 Å². The van der Waals surface area contributed by atoms with Crippen molar-refractivity contribution >= 4 is 16.1 Å². The molecule has 0 fully saturated rings. The van der Waals surface area contributed by atoms with Crippen LogP contribution >= 0.6 is 0 Å². The van der Waals surface area contributed by atoms with E-state index in [1.54, 1.807) is 0 Å². The van der Waals surface area contributed by atoms with Gasteiger partial charge in [0, 0.05) is 6.08 Å². The van der Waals surface area contributed by atoms with Crippen LogP contribution in [-0.4, -0.2) is 26.7 Å². The van der Waals surface area contributed by atoms with Crippen molar-refractivity contribution in [2.45, 2.75) is 6.42 Å². The molecule has 0 unspecified atom stereocenters. The SMILES string of the molecule is C=COS(=O)(=O)CCCOC(=O)C=C. The van der Waals surface area contributed by atoms with Crippen molar-refractivity contribution in [3.63, 3.8) is 0 Å². The summed E-state index contributed by atoms with van der Waals surface area (Å²) < 4.78 is 30.6. The van der Waals surface area contributed by atoms with Gasteiger partial charge in [-0.05, 0) is 6.42 Å². The summed E-state index contributed by atoms with van der Waals surface area (Å²) in [4.78, 5) is 10.5. The van der Waals surface area contributed by atoms with Crippen molar-refractivity contribution in [1.29, 1.82) is 0 Å². The Bertz CT molecular complexity index is 304. The van der Waals surface area contributed by atoms with Crippen LogP contribution in [-0.2, 0) is 23.8 Å². The highest BCUT2D eigenvalue weighted by Gasteiger charge is 2.09. The van der Waals surface area contributed by atoms with E-state index in [9.17, 15) is 13.2 Å². The number of hydrogen-bond acceptors (Lipinski definition) is 5. The first-order valence-electron chi connectivity index (χ1n) is 3.83. The molecule has 0 saturated heterocycles. The van der Waals surface area contributed by atoms with Crippen LogP contribution in [0.4, 0.5) is 0 Å². The molecule has 0 aliphatic carbocycles. The Balaban J connectivity index is 3.69. The minimum atomic E-state index is -3.57. The predicted octanol–water partition coefficient (Wildman–Crippen LogP) is 0.596. The summed E-state index contributed by atoms with van der Waals surface area (Å²) in [5.74, 6) is -0.796. The molecule has 80 valence electrons. The van der Waals surface area contributed by atoms with Crippen LogP contribution < -0.4 is 0 Å². The number of ether oxygens (including phenoxy) is 1. The van der Waals surface area contributed by atoms with Gasteiger partial charge in [0.2, 0.25) is 0 Å². The number of hydrogen-bond donors (Lipinski definition) is 0. The second kappa shape index (κ2) is 6.20. The van der Waals surface area contributed by atoms with Crippen molar-refractivity contribution in [2.24, 2.45) is 0 Å². The van der Waals surface area contributed by atoms with Gasteiger partial charge in [-0.25, -0.2) is 4.79 Å². The van der Waals surface area contributed by atoms with Gasteiger partial charge in [-0.1, -0.05) is 13.2 Å². The monoisotopic (exact) mass is 220 g/mol. The fraction of sp³-hybridized carbons (Fsp3) is 0.375. The highest BCUT2D eigenvalue weighted by Crippen LogP contribution is 1.97. The molecule has 0 radical (unpaired) electrons. The molecule has 0 aromatic heterocycles. The molecule has 0 atom stereocenters. The predicted molar refractivity (Wildman–Crippen MR) is 50.8 cm³/mol. The molecular weight excluding hydrogens is 208 g/mol. The molecule has 14 heavy (non-hydrogen) atoms. The van der Waals surface area contributed by atoms with Crippen LogP contribution in [0, 0.1) is 0 Å². The van der Waals surface area contributed by atoms with Crippen LogP contribution in [0.15, 0.2) is 25.5 Å². The number of carbonyl (C=O) groups is 1. The minimum Gasteiger partial charge on any atom is -0.463 e. The third kappa shape index (κ3) is 6.24. The molecular formula is C8H12O5S. The van der Waals surface area contributed by atoms with E-state index in [0.717, 1.165) is 12.3 Å². The zero-order valence-corrected chi connectivity index (χ0v) is 8.46. The Morgan fingerprint density at radius 3 is 2.50 bits per heavy atom. The molecule has 6 heteroatoms. The van der Waals surface area contributed by atoms with E-state index >= 15 is 0 Å². The summed E-state index contributed by atoms with van der Waals surface area (Å²) in [5, 5.41) is 0. The van der Waals surface area contributed by atoms with Gasteiger partial charge in [0.1, 0.15) is 0 Å². The fourth-order valence-corrected chi connectivity index (χ4v) is 1.39. The van der Waals surface area contributed by atoms with Gasteiger partial charge in [-0.15, -0.1) is 0 Å². The van der Waals surface area contributed by atoms with Crippen molar-refractivity contribution in [2.75, 3.05) is 12.4 Å². The van der Waals surface area contributed by atoms with E-state index in [1.165, 1.54) is 0 Å². The fourth-order valence-electron chi connectivity index (χ4n) is 0.619. The summed E-state index contributed by atoms with van der Waals surface area (Å²) in [5.41, 5.74) is 0. The smallest absolute Gasteiger partial charge is 0.330 e. The highest BCUT2D eigenvalue weighted by atomic mass is 32.2. The first kappa shape index (κ1) is 12.7. The second-order valence-electron chi connectivity index (χ2n) is 2.25. The minimum absolute atomic E-state index is 0.0184. The quantitative estimate of drug-likeness (QED) is 0.206. The molecule has 0 aliphatic heterocycles. The Kier molecular flexibility index (Phi) is 5.62. The summed E-state index contributed by atoms with van der Waals surface area (Å²) >= 11 is 0. The lowest BCUT2D eigenvalue weighted by Gasteiger charge is -2.02. The van der Waals surface area contributed by atoms with Crippen molar-refractivity contribution in [3.8, 4) is 0 Å². The average Bonchev–Trinajstić information content (AvgIpc) is 2.12. The highest BCUT2D eigenvalue weighted by molar-refractivity contribution is 7.86. The molecule has 0 aromatic rings. The van der Waals surface area contributed by atoms with Gasteiger partial charge in [-0.3, -0.25) is 0 Å². The summed E-state index contributed by atoms with van der Waals surface area (Å²) in [6, 6.07) is 0. The van der Waals surface area contributed by atoms with E-state index in [2.05, 4.69) is 22.1 Å². The van der Waals surface area contributed by atoms with E-state index in [-0.39, 0.29) is 18.8 Å². The Labute approximate surface area is 83.1 Å². The van der Waals surface area contributed by atoms with Gasteiger partial charge < -0.3 is 8.92 Å². The van der Waals surface area contributed by atoms with Crippen LogP contribution in [0.1, 0.15) is 6.42 Å². The number of carbonyl (C=O) groups excluding carboxylic acids is 1.